The zero-order valence-electron chi connectivity index (χ0n) is 33.9. The molecular weight excluding hydrogens is 779 g/mol. The number of carbonyl (C=O) groups is 4. The fraction of sp³-hybridized carbons (Fsp3) is 0.889. The van der Waals surface area contributed by atoms with E-state index in [1.807, 2.05) is 0 Å². The third-order valence-electron chi connectivity index (χ3n) is 7.14. The minimum Gasteiger partial charge on any atom is -0.466 e. The van der Waals surface area contributed by atoms with Gasteiger partial charge >= 0.3 is 22.3 Å². The standard InChI is InChI=1S/C30H58O4S.C4H6O3S2.C2H6O4S.3H3N/c1-3-5-7-9-11-13-15-17-19-21-25-33-29(31)23-27-35-28-24-30(32)34-26-22-20-18-16-14-12-10-8-6-4-2;5-3(8)1-7-2-4(6)9;1-2-6-7(3,4)5;;;/h3-28H2,1-2H3;1-2H2,(H,5,8)(H,6,9);2H2,1H3,(H,3,4,5);3*1H3. The first-order chi connectivity index (χ1) is 24.4. The molecule has 0 unspecified atom stereocenters. The summed E-state index contributed by atoms with van der Waals surface area (Å²) in [5, 5.41) is -0.797. The Morgan fingerprint density at radius 1 is 0.537 bits per heavy atom. The Hall–Kier alpha value is -0.960. The van der Waals surface area contributed by atoms with Crippen molar-refractivity contribution in [2.45, 2.75) is 162 Å². The lowest BCUT2D eigenvalue weighted by Gasteiger charge is -2.06. The van der Waals surface area contributed by atoms with Crippen LogP contribution in [0.4, 0.5) is 0 Å². The lowest BCUT2D eigenvalue weighted by Crippen LogP contribution is -2.09. The normalized spacial score (nSPS) is 10.2. The van der Waals surface area contributed by atoms with Crippen molar-refractivity contribution in [2.75, 3.05) is 44.5 Å². The molecule has 0 aromatic heterocycles. The second kappa shape index (κ2) is 52.0. The van der Waals surface area contributed by atoms with E-state index in [4.69, 9.17) is 14.0 Å². The number of rotatable bonds is 34. The van der Waals surface area contributed by atoms with Gasteiger partial charge in [-0.15, -0.1) is 25.3 Å². The van der Waals surface area contributed by atoms with Crippen molar-refractivity contribution in [2.24, 2.45) is 0 Å². The summed E-state index contributed by atoms with van der Waals surface area (Å²) in [5.74, 6) is 1.19. The number of hydrogen-bond acceptors (Lipinski definition) is 14. The maximum atomic E-state index is 11.8. The molecule has 0 atom stereocenters. The van der Waals surface area contributed by atoms with Gasteiger partial charge in [0, 0.05) is 11.5 Å². The van der Waals surface area contributed by atoms with Crippen LogP contribution in [0.3, 0.4) is 0 Å². The highest BCUT2D eigenvalue weighted by Gasteiger charge is 2.06. The van der Waals surface area contributed by atoms with Gasteiger partial charge in [0.2, 0.25) is 10.2 Å². The van der Waals surface area contributed by atoms with E-state index in [1.54, 1.807) is 11.8 Å². The van der Waals surface area contributed by atoms with Gasteiger partial charge in [-0.1, -0.05) is 129 Å². The zero-order chi connectivity index (χ0) is 38.9. The van der Waals surface area contributed by atoms with Crippen LogP contribution in [0.5, 0.6) is 0 Å². The quantitative estimate of drug-likeness (QED) is 0.0152. The molecule has 18 heteroatoms. The summed E-state index contributed by atoms with van der Waals surface area (Å²) in [4.78, 5) is 43.7. The third kappa shape index (κ3) is 69.0. The first-order valence-electron chi connectivity index (χ1n) is 18.9. The highest BCUT2D eigenvalue weighted by molar-refractivity contribution is 7.99. The molecule has 0 aromatic rings. The number of carbonyl (C=O) groups excluding carboxylic acids is 4. The van der Waals surface area contributed by atoms with Crippen molar-refractivity contribution < 1.29 is 50.5 Å². The van der Waals surface area contributed by atoms with Gasteiger partial charge in [0.15, 0.2) is 0 Å². The average molecular weight is 858 g/mol. The Balaban J connectivity index is -0.000000251. The Kier molecular flexibility index (Phi) is 62.6. The van der Waals surface area contributed by atoms with Crippen LogP contribution in [0.25, 0.3) is 0 Å². The largest absolute Gasteiger partial charge is 0.466 e. The van der Waals surface area contributed by atoms with Crippen LogP contribution < -0.4 is 18.5 Å². The first kappa shape index (κ1) is 64.9. The molecule has 54 heavy (non-hydrogen) atoms. The molecule has 0 bridgehead atoms. The summed E-state index contributed by atoms with van der Waals surface area (Å²) >= 11 is 8.43. The van der Waals surface area contributed by atoms with Crippen LogP contribution in [0.2, 0.25) is 0 Å². The molecule has 0 rings (SSSR count). The molecule has 0 aromatic carbocycles. The lowest BCUT2D eigenvalue weighted by molar-refractivity contribution is -0.144. The maximum absolute atomic E-state index is 11.8. The molecule has 0 radical (unpaired) electrons. The van der Waals surface area contributed by atoms with Gasteiger partial charge in [-0.05, 0) is 19.8 Å². The molecule has 0 amide bonds. The highest BCUT2D eigenvalue weighted by Crippen LogP contribution is 2.12. The Morgan fingerprint density at radius 3 is 1.07 bits per heavy atom. The monoisotopic (exact) mass is 857 g/mol. The number of unbranched alkanes of at least 4 members (excludes halogenated alkanes) is 18. The SMILES string of the molecule is CCCCCCCCCCCCOC(=O)CCSCCC(=O)OCCCCCCCCCCCC.CCOS(=O)(=O)O.N.N.N.O=C(S)COCC(=O)S. The molecule has 0 heterocycles. The van der Waals surface area contributed by atoms with Crippen molar-refractivity contribution in [1.82, 2.24) is 18.5 Å². The fourth-order valence-electron chi connectivity index (χ4n) is 4.48. The van der Waals surface area contributed by atoms with Gasteiger partial charge < -0.3 is 32.7 Å². The molecule has 0 spiro atoms. The summed E-state index contributed by atoms with van der Waals surface area (Å²) < 4.78 is 45.8. The van der Waals surface area contributed by atoms with E-state index < -0.39 is 20.6 Å². The number of thiol groups is 2. The number of hydrogen-bond donors (Lipinski definition) is 6. The van der Waals surface area contributed by atoms with Crippen molar-refractivity contribution >= 4 is 69.6 Å². The first-order valence-corrected chi connectivity index (χ1v) is 22.3. The molecule has 0 saturated heterocycles. The molecule has 14 nitrogen and oxygen atoms in total. The van der Waals surface area contributed by atoms with Crippen LogP contribution in [-0.2, 0) is 48.0 Å². The predicted molar refractivity (Wildman–Crippen MR) is 229 cm³/mol. The number of ether oxygens (including phenoxy) is 3. The van der Waals surface area contributed by atoms with Crippen LogP contribution >= 0.6 is 37.0 Å². The molecule has 0 aliphatic heterocycles. The van der Waals surface area contributed by atoms with Gasteiger partial charge in [0.1, 0.15) is 13.2 Å². The summed E-state index contributed by atoms with van der Waals surface area (Å²) in [6.45, 7) is 6.75. The van der Waals surface area contributed by atoms with Crippen molar-refractivity contribution in [3.63, 3.8) is 0 Å². The Labute approximate surface area is 343 Å². The van der Waals surface area contributed by atoms with Crippen LogP contribution in [0.15, 0.2) is 0 Å². The fourth-order valence-corrected chi connectivity index (χ4v) is 5.79. The minimum atomic E-state index is -4.17. The van der Waals surface area contributed by atoms with Crippen molar-refractivity contribution in [1.29, 1.82) is 0 Å². The van der Waals surface area contributed by atoms with Crippen LogP contribution in [0.1, 0.15) is 162 Å². The molecule has 0 saturated carbocycles. The topological polar surface area (TPSA) is 265 Å². The van der Waals surface area contributed by atoms with Gasteiger partial charge in [-0.3, -0.25) is 23.7 Å². The maximum Gasteiger partial charge on any atom is 0.397 e. The molecule has 0 fully saturated rings. The highest BCUT2D eigenvalue weighted by atomic mass is 32.3. The van der Waals surface area contributed by atoms with E-state index in [0.29, 0.717) is 37.6 Å². The second-order valence-corrected chi connectivity index (χ2v) is 15.3. The second-order valence-electron chi connectivity index (χ2n) is 12.0. The third-order valence-corrected chi connectivity index (χ3v) is 8.92. The summed E-state index contributed by atoms with van der Waals surface area (Å²) in [5.41, 5.74) is 0. The zero-order valence-corrected chi connectivity index (χ0v) is 37.3. The van der Waals surface area contributed by atoms with Gasteiger partial charge in [0.05, 0.1) is 32.7 Å². The summed E-state index contributed by atoms with van der Waals surface area (Å²) in [6.07, 6.45) is 26.5. The van der Waals surface area contributed by atoms with E-state index in [2.05, 4.69) is 48.0 Å². The van der Waals surface area contributed by atoms with E-state index in [0.717, 1.165) is 25.7 Å². The Morgan fingerprint density at radius 2 is 0.833 bits per heavy atom. The van der Waals surface area contributed by atoms with Gasteiger partial charge in [-0.2, -0.15) is 20.2 Å². The van der Waals surface area contributed by atoms with Crippen molar-refractivity contribution in [3.8, 4) is 0 Å². The molecule has 10 N–H and O–H groups in total. The smallest absolute Gasteiger partial charge is 0.397 e. The predicted octanol–water partition coefficient (Wildman–Crippen LogP) is 9.66. The number of esters is 2. The van der Waals surface area contributed by atoms with Gasteiger partial charge in [-0.25, -0.2) is 4.18 Å². The molecule has 0 aliphatic carbocycles. The van der Waals surface area contributed by atoms with Crippen LogP contribution in [-0.4, -0.2) is 79.7 Å². The summed E-state index contributed by atoms with van der Waals surface area (Å²) in [6, 6.07) is 0. The summed E-state index contributed by atoms with van der Waals surface area (Å²) in [7, 11) is -4.17. The van der Waals surface area contributed by atoms with E-state index in [-0.39, 0.29) is 50.2 Å². The lowest BCUT2D eigenvalue weighted by atomic mass is 10.1. The van der Waals surface area contributed by atoms with Crippen LogP contribution in [0, 0.1) is 0 Å². The average Bonchev–Trinajstić information content (AvgIpc) is 3.05. The molecular formula is C36H79N3O11S4. The molecule has 328 valence electrons. The van der Waals surface area contributed by atoms with E-state index in [9.17, 15) is 27.6 Å². The molecule has 0 aliphatic rings. The van der Waals surface area contributed by atoms with E-state index in [1.165, 1.54) is 110 Å². The van der Waals surface area contributed by atoms with Crippen molar-refractivity contribution in [3.05, 3.63) is 0 Å². The Bertz CT molecular complexity index is 882. The van der Waals surface area contributed by atoms with E-state index >= 15 is 0 Å². The minimum absolute atomic E-state index is 0. The van der Waals surface area contributed by atoms with Gasteiger partial charge in [0.25, 0.3) is 0 Å². The number of thioether (sulfide) groups is 1.